The zero-order chi connectivity index (χ0) is 15.1. The van der Waals surface area contributed by atoms with Crippen molar-refractivity contribution in [2.75, 3.05) is 6.61 Å². The Morgan fingerprint density at radius 3 is 2.65 bits per heavy atom. The molecule has 0 aliphatic rings. The summed E-state index contributed by atoms with van der Waals surface area (Å²) in [6.45, 7) is 6.78. The number of carboxylic acids is 1. The van der Waals surface area contributed by atoms with Gasteiger partial charge in [0.15, 0.2) is 0 Å². The van der Waals surface area contributed by atoms with Crippen LogP contribution in [0.3, 0.4) is 0 Å². The molecule has 112 valence electrons. The molecule has 0 aliphatic heterocycles. The molecule has 1 aromatic rings. The van der Waals surface area contributed by atoms with Gasteiger partial charge in [0.2, 0.25) is 0 Å². The Labute approximate surface area is 129 Å². The van der Waals surface area contributed by atoms with Gasteiger partial charge >= 0.3 is 5.97 Å². The molecule has 0 heterocycles. The average Bonchev–Trinajstić information content (AvgIpc) is 2.40. The van der Waals surface area contributed by atoms with Crippen LogP contribution in [-0.4, -0.2) is 17.7 Å². The van der Waals surface area contributed by atoms with Crippen LogP contribution < -0.4 is 4.74 Å². The van der Waals surface area contributed by atoms with Crippen LogP contribution >= 0.6 is 15.9 Å². The van der Waals surface area contributed by atoms with Gasteiger partial charge in [-0.25, -0.2) is 4.79 Å². The molecule has 0 aromatic heterocycles. The first kappa shape index (κ1) is 17.0. The van der Waals surface area contributed by atoms with Crippen molar-refractivity contribution in [3.8, 4) is 5.75 Å². The number of rotatable bonds is 8. The summed E-state index contributed by atoms with van der Waals surface area (Å²) in [5, 5.41) is 9.28. The Kier molecular flexibility index (Phi) is 7.06. The number of benzene rings is 1. The molecule has 1 rings (SSSR count). The van der Waals surface area contributed by atoms with E-state index in [2.05, 4.69) is 29.8 Å². The van der Waals surface area contributed by atoms with E-state index < -0.39 is 5.97 Å². The summed E-state index contributed by atoms with van der Waals surface area (Å²) in [7, 11) is 0. The Bertz CT molecular complexity index is 457. The second kappa shape index (κ2) is 8.30. The zero-order valence-electron chi connectivity index (χ0n) is 12.4. The molecule has 0 saturated heterocycles. The van der Waals surface area contributed by atoms with E-state index >= 15 is 0 Å². The van der Waals surface area contributed by atoms with Gasteiger partial charge in [0.05, 0.1) is 6.61 Å². The topological polar surface area (TPSA) is 46.5 Å². The molecule has 1 N–H and O–H groups in total. The number of hydrogen-bond donors (Lipinski definition) is 1. The van der Waals surface area contributed by atoms with Crippen LogP contribution in [0.1, 0.15) is 55.5 Å². The van der Waals surface area contributed by atoms with Gasteiger partial charge in [-0.05, 0) is 37.0 Å². The zero-order valence-corrected chi connectivity index (χ0v) is 14.0. The third-order valence-electron chi connectivity index (χ3n) is 3.48. The highest BCUT2D eigenvalue weighted by Crippen LogP contribution is 2.29. The van der Waals surface area contributed by atoms with Crippen LogP contribution in [0.2, 0.25) is 0 Å². The maximum absolute atomic E-state index is 11.3. The van der Waals surface area contributed by atoms with E-state index in [4.69, 9.17) is 4.74 Å². The van der Waals surface area contributed by atoms with E-state index in [1.54, 1.807) is 6.07 Å². The molecule has 1 aromatic carbocycles. The number of carbonyl (C=O) groups is 1. The quantitative estimate of drug-likeness (QED) is 0.718. The maximum Gasteiger partial charge on any atom is 0.339 e. The first-order chi connectivity index (χ1) is 9.49. The number of hydrogen-bond acceptors (Lipinski definition) is 2. The summed E-state index contributed by atoms with van der Waals surface area (Å²) in [4.78, 5) is 11.3. The molecule has 0 saturated carbocycles. The summed E-state index contributed by atoms with van der Waals surface area (Å²) in [6, 6.07) is 3.48. The van der Waals surface area contributed by atoms with Gasteiger partial charge in [-0.1, -0.05) is 49.0 Å². The molecule has 0 fully saturated rings. The number of ether oxygens (including phenoxy) is 1. The normalized spacial score (nSPS) is 12.2. The van der Waals surface area contributed by atoms with Crippen LogP contribution in [0.25, 0.3) is 0 Å². The van der Waals surface area contributed by atoms with Crippen molar-refractivity contribution in [3.63, 3.8) is 0 Å². The minimum atomic E-state index is -0.953. The lowest BCUT2D eigenvalue weighted by Gasteiger charge is -2.18. The maximum atomic E-state index is 11.3. The number of aromatic carboxylic acids is 1. The first-order valence-corrected chi connectivity index (χ1v) is 7.95. The molecule has 4 heteroatoms. The average molecular weight is 343 g/mol. The molecule has 0 radical (unpaired) electrons. The third-order valence-corrected chi connectivity index (χ3v) is 3.93. The van der Waals surface area contributed by atoms with Crippen LogP contribution in [0.15, 0.2) is 16.6 Å². The van der Waals surface area contributed by atoms with Crippen molar-refractivity contribution in [2.45, 2.75) is 46.5 Å². The molecular formula is C16H23BrO3. The molecule has 1 unspecified atom stereocenters. The standard InChI is InChI=1S/C16H23BrO3/c1-4-6-7-12(5-2)10-20-15-11(3)8-13(17)9-14(15)16(18)19/h8-9,12H,4-7,10H2,1-3H3,(H,18,19). The smallest absolute Gasteiger partial charge is 0.339 e. The predicted octanol–water partition coefficient (Wildman–Crippen LogP) is 5.05. The SMILES string of the molecule is CCCCC(CC)COc1c(C)cc(Br)cc1C(=O)O. The van der Waals surface area contributed by atoms with Crippen LogP contribution in [-0.2, 0) is 0 Å². The number of aryl methyl sites for hydroxylation is 1. The highest BCUT2D eigenvalue weighted by atomic mass is 79.9. The van der Waals surface area contributed by atoms with Crippen molar-refractivity contribution in [1.82, 2.24) is 0 Å². The number of halogens is 1. The third kappa shape index (κ3) is 4.82. The molecule has 0 bridgehead atoms. The monoisotopic (exact) mass is 342 g/mol. The molecule has 0 amide bonds. The minimum absolute atomic E-state index is 0.224. The van der Waals surface area contributed by atoms with E-state index in [1.165, 1.54) is 12.8 Å². The Hall–Kier alpha value is -1.03. The minimum Gasteiger partial charge on any atom is -0.492 e. The second-order valence-corrected chi connectivity index (χ2v) is 6.05. The molecule has 20 heavy (non-hydrogen) atoms. The molecule has 0 aliphatic carbocycles. The Balaban J connectivity index is 2.83. The van der Waals surface area contributed by atoms with Gasteiger partial charge in [-0.2, -0.15) is 0 Å². The fourth-order valence-electron chi connectivity index (χ4n) is 2.18. The Morgan fingerprint density at radius 2 is 2.10 bits per heavy atom. The van der Waals surface area contributed by atoms with Crippen molar-refractivity contribution >= 4 is 21.9 Å². The van der Waals surface area contributed by atoms with Gasteiger partial charge in [0.1, 0.15) is 11.3 Å². The summed E-state index contributed by atoms with van der Waals surface area (Å²) >= 11 is 3.32. The lowest BCUT2D eigenvalue weighted by atomic mass is 10.0. The van der Waals surface area contributed by atoms with Crippen molar-refractivity contribution in [3.05, 3.63) is 27.7 Å². The number of carboxylic acid groups (broad SMARTS) is 1. The second-order valence-electron chi connectivity index (χ2n) is 5.13. The molecular weight excluding hydrogens is 320 g/mol. The highest BCUT2D eigenvalue weighted by Gasteiger charge is 2.16. The lowest BCUT2D eigenvalue weighted by molar-refractivity contribution is 0.0690. The van der Waals surface area contributed by atoms with E-state index in [-0.39, 0.29) is 5.56 Å². The van der Waals surface area contributed by atoms with Crippen LogP contribution in [0, 0.1) is 12.8 Å². The highest BCUT2D eigenvalue weighted by molar-refractivity contribution is 9.10. The van der Waals surface area contributed by atoms with Crippen molar-refractivity contribution < 1.29 is 14.6 Å². The summed E-state index contributed by atoms with van der Waals surface area (Å²) in [5.74, 6) is 0.0290. The Morgan fingerprint density at radius 1 is 1.40 bits per heavy atom. The number of unbranched alkanes of at least 4 members (excludes halogenated alkanes) is 1. The first-order valence-electron chi connectivity index (χ1n) is 7.15. The molecule has 1 atom stereocenters. The fourth-order valence-corrected chi connectivity index (χ4v) is 2.75. The van der Waals surface area contributed by atoms with E-state index in [0.29, 0.717) is 18.3 Å². The largest absolute Gasteiger partial charge is 0.492 e. The van der Waals surface area contributed by atoms with E-state index in [9.17, 15) is 9.90 Å². The van der Waals surface area contributed by atoms with Gasteiger partial charge in [0, 0.05) is 4.47 Å². The predicted molar refractivity (Wildman–Crippen MR) is 84.6 cm³/mol. The summed E-state index contributed by atoms with van der Waals surface area (Å²) in [5.41, 5.74) is 1.07. The van der Waals surface area contributed by atoms with Gasteiger partial charge in [0.25, 0.3) is 0 Å². The fraction of sp³-hybridized carbons (Fsp3) is 0.562. The van der Waals surface area contributed by atoms with Crippen LogP contribution in [0.4, 0.5) is 0 Å². The lowest BCUT2D eigenvalue weighted by Crippen LogP contribution is -2.14. The van der Waals surface area contributed by atoms with Gasteiger partial charge in [-0.3, -0.25) is 0 Å². The van der Waals surface area contributed by atoms with Crippen LogP contribution in [0.5, 0.6) is 5.75 Å². The van der Waals surface area contributed by atoms with Crippen molar-refractivity contribution in [2.24, 2.45) is 5.92 Å². The molecule has 0 spiro atoms. The van der Waals surface area contributed by atoms with Gasteiger partial charge in [-0.15, -0.1) is 0 Å². The summed E-state index contributed by atoms with van der Waals surface area (Å²) < 4.78 is 6.59. The van der Waals surface area contributed by atoms with E-state index in [1.807, 2.05) is 13.0 Å². The van der Waals surface area contributed by atoms with E-state index in [0.717, 1.165) is 22.9 Å². The van der Waals surface area contributed by atoms with Gasteiger partial charge < -0.3 is 9.84 Å². The van der Waals surface area contributed by atoms with Crippen molar-refractivity contribution in [1.29, 1.82) is 0 Å². The molecule has 3 nitrogen and oxygen atoms in total. The summed E-state index contributed by atoms with van der Waals surface area (Å²) in [6.07, 6.45) is 4.55.